The zero-order chi connectivity index (χ0) is 18.2. The number of fused-ring (bicyclic) bond motifs is 2. The summed E-state index contributed by atoms with van der Waals surface area (Å²) in [6.07, 6.45) is 3.45. The Bertz CT molecular complexity index is 724. The van der Waals surface area contributed by atoms with Gasteiger partial charge in [0.15, 0.2) is 5.78 Å². The molecule has 1 amide bonds. The van der Waals surface area contributed by atoms with Crippen molar-refractivity contribution >= 4 is 17.4 Å². The van der Waals surface area contributed by atoms with E-state index < -0.39 is 0 Å². The summed E-state index contributed by atoms with van der Waals surface area (Å²) in [5, 5.41) is 4.39. The van der Waals surface area contributed by atoms with E-state index in [9.17, 15) is 14.0 Å². The van der Waals surface area contributed by atoms with Crippen LogP contribution in [0.25, 0.3) is 0 Å². The SMILES string of the molecule is CC1(C)[C@H]2CC[C@@]1(C)/C(=N/NC(=O)CCC(=O)c1ccc(F)cc1)C2. The fourth-order valence-corrected chi connectivity index (χ4v) is 4.29. The van der Waals surface area contributed by atoms with Crippen LogP contribution in [0.4, 0.5) is 4.39 Å². The Kier molecular flexibility index (Phi) is 4.52. The van der Waals surface area contributed by atoms with Gasteiger partial charge in [-0.1, -0.05) is 20.8 Å². The molecule has 4 nitrogen and oxygen atoms in total. The molecule has 2 bridgehead atoms. The number of carbonyl (C=O) groups is 2. The first-order valence-corrected chi connectivity index (χ1v) is 8.89. The van der Waals surface area contributed by atoms with Crippen LogP contribution in [0, 0.1) is 22.6 Å². The third-order valence-electron chi connectivity index (χ3n) is 6.57. The first kappa shape index (κ1) is 17.8. The van der Waals surface area contributed by atoms with Crippen molar-refractivity contribution in [3.63, 3.8) is 0 Å². The van der Waals surface area contributed by atoms with Crippen LogP contribution in [0.3, 0.4) is 0 Å². The summed E-state index contributed by atoms with van der Waals surface area (Å²) in [7, 11) is 0. The molecule has 2 aliphatic carbocycles. The van der Waals surface area contributed by atoms with Gasteiger partial charge in [-0.15, -0.1) is 0 Å². The van der Waals surface area contributed by atoms with Gasteiger partial charge in [0.1, 0.15) is 5.82 Å². The summed E-state index contributed by atoms with van der Waals surface area (Å²) in [6, 6.07) is 5.37. The van der Waals surface area contributed by atoms with E-state index >= 15 is 0 Å². The molecule has 5 heteroatoms. The minimum atomic E-state index is -0.382. The highest BCUT2D eigenvalue weighted by molar-refractivity contribution is 5.98. The minimum Gasteiger partial charge on any atom is -0.294 e. The average Bonchev–Trinajstić information content (AvgIpc) is 2.91. The molecule has 25 heavy (non-hydrogen) atoms. The molecule has 2 saturated carbocycles. The van der Waals surface area contributed by atoms with E-state index in [1.54, 1.807) is 0 Å². The Hall–Kier alpha value is -2.04. The summed E-state index contributed by atoms with van der Waals surface area (Å²) in [6.45, 7) is 6.82. The number of nitrogens with one attached hydrogen (secondary N) is 1. The van der Waals surface area contributed by atoms with Crippen LogP contribution in [0.1, 0.15) is 63.2 Å². The normalized spacial score (nSPS) is 28.3. The zero-order valence-corrected chi connectivity index (χ0v) is 15.1. The highest BCUT2D eigenvalue weighted by atomic mass is 19.1. The molecular formula is C20H25FN2O2. The number of ketones is 1. The first-order valence-electron chi connectivity index (χ1n) is 8.89. The van der Waals surface area contributed by atoms with E-state index in [-0.39, 0.29) is 41.2 Å². The van der Waals surface area contributed by atoms with Gasteiger partial charge in [0.2, 0.25) is 5.91 Å². The summed E-state index contributed by atoms with van der Waals surface area (Å²) >= 11 is 0. The van der Waals surface area contributed by atoms with Crippen LogP contribution in [-0.2, 0) is 4.79 Å². The average molecular weight is 344 g/mol. The molecule has 134 valence electrons. The van der Waals surface area contributed by atoms with Crippen LogP contribution >= 0.6 is 0 Å². The van der Waals surface area contributed by atoms with E-state index in [4.69, 9.17) is 0 Å². The summed E-state index contributed by atoms with van der Waals surface area (Å²) in [4.78, 5) is 24.1. The zero-order valence-electron chi connectivity index (χ0n) is 15.1. The van der Waals surface area contributed by atoms with E-state index in [1.807, 2.05) is 0 Å². The topological polar surface area (TPSA) is 58.5 Å². The maximum absolute atomic E-state index is 12.9. The number of hydrogen-bond donors (Lipinski definition) is 1. The van der Waals surface area contributed by atoms with E-state index in [0.717, 1.165) is 18.6 Å². The maximum Gasteiger partial charge on any atom is 0.240 e. The number of Topliss-reactive ketones (excluding diaryl/α,β-unsaturated/α-hetero) is 1. The molecular weight excluding hydrogens is 319 g/mol. The Morgan fingerprint density at radius 3 is 2.44 bits per heavy atom. The van der Waals surface area contributed by atoms with Crippen molar-refractivity contribution in [1.82, 2.24) is 5.43 Å². The minimum absolute atomic E-state index is 0.0505. The van der Waals surface area contributed by atoms with Gasteiger partial charge in [-0.25, -0.2) is 9.82 Å². The quantitative estimate of drug-likeness (QED) is 0.645. The molecule has 2 aliphatic rings. The number of amides is 1. The second-order valence-corrected chi connectivity index (χ2v) is 8.02. The molecule has 0 heterocycles. The Morgan fingerprint density at radius 1 is 1.20 bits per heavy atom. The number of carbonyl (C=O) groups excluding carboxylic acids is 2. The van der Waals surface area contributed by atoms with Crippen LogP contribution in [-0.4, -0.2) is 17.4 Å². The second kappa shape index (κ2) is 6.36. The van der Waals surface area contributed by atoms with Crippen molar-refractivity contribution in [2.75, 3.05) is 0 Å². The number of hydrazone groups is 1. The molecule has 2 atom stereocenters. The van der Waals surface area contributed by atoms with Crippen molar-refractivity contribution < 1.29 is 14.0 Å². The first-order chi connectivity index (χ1) is 11.7. The summed E-state index contributed by atoms with van der Waals surface area (Å²) in [5.41, 5.74) is 4.39. The second-order valence-electron chi connectivity index (χ2n) is 8.02. The fourth-order valence-electron chi connectivity index (χ4n) is 4.29. The Balaban J connectivity index is 1.54. The fraction of sp³-hybridized carbons (Fsp3) is 0.550. The molecule has 0 spiro atoms. The van der Waals surface area contributed by atoms with Gasteiger partial charge in [0.05, 0.1) is 0 Å². The summed E-state index contributed by atoms with van der Waals surface area (Å²) < 4.78 is 12.9. The largest absolute Gasteiger partial charge is 0.294 e. The lowest BCUT2D eigenvalue weighted by Crippen LogP contribution is -2.34. The van der Waals surface area contributed by atoms with Gasteiger partial charge in [0.25, 0.3) is 0 Å². The van der Waals surface area contributed by atoms with Crippen LogP contribution in [0.2, 0.25) is 0 Å². The highest BCUT2D eigenvalue weighted by Crippen LogP contribution is 2.63. The number of rotatable bonds is 5. The maximum atomic E-state index is 12.9. The van der Waals surface area contributed by atoms with Crippen LogP contribution < -0.4 is 5.43 Å². The molecule has 1 N–H and O–H groups in total. The predicted octanol–water partition coefficient (Wildman–Crippen LogP) is 4.11. The Labute approximate surface area is 147 Å². The van der Waals surface area contributed by atoms with Gasteiger partial charge in [-0.3, -0.25) is 9.59 Å². The van der Waals surface area contributed by atoms with Gasteiger partial charge >= 0.3 is 0 Å². The summed E-state index contributed by atoms with van der Waals surface area (Å²) in [5.74, 6) is -0.177. The van der Waals surface area contributed by atoms with Gasteiger partial charge in [-0.2, -0.15) is 5.10 Å². The van der Waals surface area contributed by atoms with Crippen molar-refractivity contribution in [3.05, 3.63) is 35.6 Å². The van der Waals surface area contributed by atoms with Gasteiger partial charge in [-0.05, 0) is 54.9 Å². The molecule has 0 aliphatic heterocycles. The van der Waals surface area contributed by atoms with Crippen molar-refractivity contribution in [2.45, 2.75) is 52.9 Å². The number of hydrogen-bond acceptors (Lipinski definition) is 3. The van der Waals surface area contributed by atoms with Crippen molar-refractivity contribution in [3.8, 4) is 0 Å². The van der Waals surface area contributed by atoms with Crippen LogP contribution in [0.15, 0.2) is 29.4 Å². The van der Waals surface area contributed by atoms with Crippen LogP contribution in [0.5, 0.6) is 0 Å². The molecule has 0 aromatic heterocycles. The highest BCUT2D eigenvalue weighted by Gasteiger charge is 2.59. The third kappa shape index (κ3) is 3.12. The lowest BCUT2D eigenvalue weighted by atomic mass is 9.70. The molecule has 0 saturated heterocycles. The molecule has 0 unspecified atom stereocenters. The lowest BCUT2D eigenvalue weighted by Gasteiger charge is -2.34. The predicted molar refractivity (Wildman–Crippen MR) is 94.8 cm³/mol. The van der Waals surface area contributed by atoms with Gasteiger partial charge in [0, 0.05) is 29.5 Å². The van der Waals surface area contributed by atoms with E-state index in [1.165, 1.54) is 30.7 Å². The molecule has 1 aromatic rings. The van der Waals surface area contributed by atoms with Gasteiger partial charge < -0.3 is 0 Å². The molecule has 2 fully saturated rings. The monoisotopic (exact) mass is 344 g/mol. The third-order valence-corrected chi connectivity index (χ3v) is 6.57. The van der Waals surface area contributed by atoms with Crippen molar-refractivity contribution in [1.29, 1.82) is 0 Å². The van der Waals surface area contributed by atoms with E-state index in [2.05, 4.69) is 31.3 Å². The standard InChI is InChI=1S/C20H25FN2O2/c1-19(2)14-10-11-20(19,3)17(12-14)22-23-18(25)9-8-16(24)13-4-6-15(21)7-5-13/h4-7,14H,8-12H2,1-3H3,(H,23,25)/b22-17+/t14-,20-/m0/s1. The Morgan fingerprint density at radius 2 is 1.88 bits per heavy atom. The number of nitrogens with zero attached hydrogens (tertiary/aromatic N) is 1. The van der Waals surface area contributed by atoms with E-state index in [0.29, 0.717) is 11.5 Å². The number of halogens is 1. The molecule has 1 aromatic carbocycles. The molecule has 0 radical (unpaired) electrons. The molecule has 3 rings (SSSR count). The lowest BCUT2D eigenvalue weighted by molar-refractivity contribution is -0.121. The van der Waals surface area contributed by atoms with Crippen molar-refractivity contribution in [2.24, 2.45) is 21.8 Å². The smallest absolute Gasteiger partial charge is 0.240 e. The number of benzene rings is 1.